The van der Waals surface area contributed by atoms with Crippen molar-refractivity contribution in [3.05, 3.63) is 81.4 Å². The molecule has 0 nitrogen and oxygen atoms in total. The van der Waals surface area contributed by atoms with E-state index in [1.807, 2.05) is 0 Å². The quantitative estimate of drug-likeness (QED) is 0.391. The van der Waals surface area contributed by atoms with Gasteiger partial charge in [-0.15, -0.1) is 0 Å². The normalized spacial score (nSPS) is 24.2. The van der Waals surface area contributed by atoms with Crippen molar-refractivity contribution in [2.45, 2.75) is 129 Å². The summed E-state index contributed by atoms with van der Waals surface area (Å²) in [5, 5.41) is 0. The van der Waals surface area contributed by atoms with Crippen LogP contribution in [0.1, 0.15) is 141 Å². The SMILES string of the molecule is CC1(C)CCC(C)(C)c2cc3c(cc21)-c1cc2c(cc1C3C(C)(C)C1=CCC=C1)C(C)(C)CCC2(C)C. The van der Waals surface area contributed by atoms with E-state index in [0.717, 1.165) is 6.42 Å². The number of benzene rings is 2. The third kappa shape index (κ3) is 3.53. The van der Waals surface area contributed by atoms with E-state index in [2.05, 4.69) is 112 Å². The van der Waals surface area contributed by atoms with Crippen LogP contribution in [-0.2, 0) is 21.7 Å². The summed E-state index contributed by atoms with van der Waals surface area (Å²) in [5.74, 6) is 0.378. The lowest BCUT2D eigenvalue weighted by Gasteiger charge is -2.43. The molecule has 0 saturated carbocycles. The lowest BCUT2D eigenvalue weighted by molar-refractivity contribution is 0.330. The molecule has 2 aromatic carbocycles. The maximum absolute atomic E-state index is 2.67. The first-order valence-electron chi connectivity index (χ1n) is 14.8. The first-order chi connectivity index (χ1) is 17.1. The average molecular weight is 493 g/mol. The molecule has 4 aliphatic rings. The van der Waals surface area contributed by atoms with Gasteiger partial charge in [-0.3, -0.25) is 0 Å². The van der Waals surface area contributed by atoms with Gasteiger partial charge in [0.05, 0.1) is 0 Å². The predicted octanol–water partition coefficient (Wildman–Crippen LogP) is 10.4. The van der Waals surface area contributed by atoms with E-state index < -0.39 is 0 Å². The molecule has 6 rings (SSSR count). The number of allylic oxidation sites excluding steroid dienone is 4. The van der Waals surface area contributed by atoms with Gasteiger partial charge in [-0.1, -0.05) is 112 Å². The van der Waals surface area contributed by atoms with Crippen LogP contribution in [0.3, 0.4) is 0 Å². The lowest BCUT2D eigenvalue weighted by Crippen LogP contribution is -2.34. The van der Waals surface area contributed by atoms with Gasteiger partial charge in [-0.2, -0.15) is 0 Å². The highest BCUT2D eigenvalue weighted by Crippen LogP contribution is 2.60. The highest BCUT2D eigenvalue weighted by molar-refractivity contribution is 5.83. The third-order valence-corrected chi connectivity index (χ3v) is 11.2. The van der Waals surface area contributed by atoms with Crippen molar-refractivity contribution in [1.29, 1.82) is 0 Å². The van der Waals surface area contributed by atoms with Crippen molar-refractivity contribution >= 4 is 0 Å². The first kappa shape index (κ1) is 25.2. The third-order valence-electron chi connectivity index (χ3n) is 11.2. The summed E-state index contributed by atoms with van der Waals surface area (Å²) < 4.78 is 0. The fourth-order valence-electron chi connectivity index (χ4n) is 8.25. The van der Waals surface area contributed by atoms with Crippen LogP contribution in [0.5, 0.6) is 0 Å². The molecular formula is C37H48. The number of hydrogen-bond donors (Lipinski definition) is 0. The summed E-state index contributed by atoms with van der Waals surface area (Å²) >= 11 is 0. The van der Waals surface area contributed by atoms with Crippen LogP contribution in [0.4, 0.5) is 0 Å². The second kappa shape index (κ2) is 7.52. The fourth-order valence-corrected chi connectivity index (χ4v) is 8.25. The van der Waals surface area contributed by atoms with Crippen molar-refractivity contribution in [2.24, 2.45) is 5.41 Å². The topological polar surface area (TPSA) is 0 Å². The molecule has 4 aliphatic carbocycles. The summed E-state index contributed by atoms with van der Waals surface area (Å²) in [7, 11) is 0. The molecule has 0 unspecified atom stereocenters. The Bertz CT molecular complexity index is 1280. The van der Waals surface area contributed by atoms with E-state index in [-0.39, 0.29) is 27.1 Å². The zero-order valence-electron chi connectivity index (χ0n) is 25.2. The standard InChI is InChI=1S/C37H48/c1-33(2)15-17-35(5,6)30-21-26-24(19-28(30)33)25-20-29-31(36(7,8)18-16-34(29,3)4)22-27(25)32(26)37(9,10)23-13-11-12-14-23/h11,13-14,19-22,32H,12,15-18H2,1-10H3. The van der Waals surface area contributed by atoms with E-state index >= 15 is 0 Å². The minimum Gasteiger partial charge on any atom is -0.0804 e. The van der Waals surface area contributed by atoms with Gasteiger partial charge in [-0.05, 0) is 104 Å². The smallest absolute Gasteiger partial charge is 0.0193 e. The number of hydrogen-bond acceptors (Lipinski definition) is 0. The van der Waals surface area contributed by atoms with Crippen LogP contribution in [0.25, 0.3) is 11.1 Å². The highest BCUT2D eigenvalue weighted by Gasteiger charge is 2.47. The van der Waals surface area contributed by atoms with Gasteiger partial charge in [-0.25, -0.2) is 0 Å². The minimum atomic E-state index is 0.0398. The molecule has 2 aromatic rings. The van der Waals surface area contributed by atoms with Crippen molar-refractivity contribution in [3.8, 4) is 11.1 Å². The van der Waals surface area contributed by atoms with Crippen LogP contribution in [-0.4, -0.2) is 0 Å². The Labute approximate surface area is 226 Å². The lowest BCUT2D eigenvalue weighted by atomic mass is 9.61. The van der Waals surface area contributed by atoms with E-state index in [9.17, 15) is 0 Å². The van der Waals surface area contributed by atoms with Crippen LogP contribution >= 0.6 is 0 Å². The van der Waals surface area contributed by atoms with Gasteiger partial charge in [0.2, 0.25) is 0 Å². The second-order valence-electron chi connectivity index (χ2n) is 16.0. The minimum absolute atomic E-state index is 0.0398. The Morgan fingerprint density at radius 1 is 0.595 bits per heavy atom. The molecular weight excluding hydrogens is 444 g/mol. The summed E-state index contributed by atoms with van der Waals surface area (Å²) in [6.45, 7) is 24.8. The van der Waals surface area contributed by atoms with Gasteiger partial charge >= 0.3 is 0 Å². The average Bonchev–Trinajstić information content (AvgIpc) is 3.46. The molecule has 0 aliphatic heterocycles. The largest absolute Gasteiger partial charge is 0.0804 e. The zero-order chi connectivity index (χ0) is 26.8. The number of rotatable bonds is 2. The molecule has 0 N–H and O–H groups in total. The molecule has 0 spiro atoms. The molecule has 0 radical (unpaired) electrons. The predicted molar refractivity (Wildman–Crippen MR) is 160 cm³/mol. The van der Waals surface area contributed by atoms with Gasteiger partial charge in [0.15, 0.2) is 0 Å². The maximum Gasteiger partial charge on any atom is 0.0193 e. The van der Waals surface area contributed by atoms with Crippen molar-refractivity contribution in [1.82, 2.24) is 0 Å². The number of fused-ring (bicyclic) bond motifs is 5. The Kier molecular flexibility index (Phi) is 5.12. The van der Waals surface area contributed by atoms with E-state index in [1.165, 1.54) is 42.4 Å². The fraction of sp³-hybridized carbons (Fsp3) is 0.568. The zero-order valence-corrected chi connectivity index (χ0v) is 25.2. The molecule has 37 heavy (non-hydrogen) atoms. The second-order valence-corrected chi connectivity index (χ2v) is 16.0. The molecule has 0 heteroatoms. The molecule has 0 heterocycles. The summed E-state index contributed by atoms with van der Waals surface area (Å²) in [6.07, 6.45) is 13.3. The van der Waals surface area contributed by atoms with Gasteiger partial charge in [0.1, 0.15) is 0 Å². The Morgan fingerprint density at radius 2 is 0.973 bits per heavy atom. The van der Waals surface area contributed by atoms with Crippen LogP contribution in [0.15, 0.2) is 48.1 Å². The molecule has 196 valence electrons. The van der Waals surface area contributed by atoms with Crippen molar-refractivity contribution < 1.29 is 0 Å². The molecule has 0 amide bonds. The molecule has 0 bridgehead atoms. The Hall–Kier alpha value is -2.08. The molecule has 0 aromatic heterocycles. The van der Waals surface area contributed by atoms with Gasteiger partial charge in [0, 0.05) is 11.3 Å². The molecule has 0 atom stereocenters. The van der Waals surface area contributed by atoms with Crippen LogP contribution in [0.2, 0.25) is 0 Å². The van der Waals surface area contributed by atoms with E-state index in [4.69, 9.17) is 0 Å². The summed E-state index contributed by atoms with van der Waals surface area (Å²) in [4.78, 5) is 0. The first-order valence-corrected chi connectivity index (χ1v) is 14.8. The van der Waals surface area contributed by atoms with Crippen LogP contribution in [0, 0.1) is 5.41 Å². The highest BCUT2D eigenvalue weighted by atomic mass is 14.5. The van der Waals surface area contributed by atoms with Gasteiger partial charge in [0.25, 0.3) is 0 Å². The maximum atomic E-state index is 2.67. The molecule has 0 saturated heterocycles. The van der Waals surface area contributed by atoms with Crippen LogP contribution < -0.4 is 0 Å². The summed E-state index contributed by atoms with van der Waals surface area (Å²) in [5.41, 5.74) is 15.0. The van der Waals surface area contributed by atoms with Gasteiger partial charge < -0.3 is 0 Å². The van der Waals surface area contributed by atoms with E-state index in [1.54, 1.807) is 33.4 Å². The molecule has 0 fully saturated rings. The monoisotopic (exact) mass is 492 g/mol. The Morgan fingerprint density at radius 3 is 1.32 bits per heavy atom. The Balaban J connectivity index is 1.68. The van der Waals surface area contributed by atoms with E-state index in [0.29, 0.717) is 5.92 Å². The van der Waals surface area contributed by atoms with Crippen molar-refractivity contribution in [2.75, 3.05) is 0 Å². The summed E-state index contributed by atoms with van der Waals surface area (Å²) in [6, 6.07) is 10.6. The van der Waals surface area contributed by atoms with Crippen molar-refractivity contribution in [3.63, 3.8) is 0 Å².